The molecule has 0 aliphatic rings. The third-order valence-corrected chi connectivity index (χ3v) is 3.01. The van der Waals surface area contributed by atoms with E-state index in [1.165, 1.54) is 0 Å². The summed E-state index contributed by atoms with van der Waals surface area (Å²) < 4.78 is 0. The first kappa shape index (κ1) is 15.0. The van der Waals surface area contributed by atoms with Crippen molar-refractivity contribution in [3.8, 4) is 0 Å². The normalized spacial score (nSPS) is 10.1. The minimum absolute atomic E-state index is 0.0143. The van der Waals surface area contributed by atoms with Gasteiger partial charge in [0.1, 0.15) is 5.82 Å². The van der Waals surface area contributed by atoms with Crippen LogP contribution in [0.4, 0.5) is 11.5 Å². The first-order valence-corrected chi connectivity index (χ1v) is 7.16. The third-order valence-electron chi connectivity index (χ3n) is 3.01. The molecule has 0 saturated heterocycles. The molecule has 2 aromatic rings. The second-order valence-electron chi connectivity index (χ2n) is 4.80. The van der Waals surface area contributed by atoms with Crippen LogP contribution in [0.3, 0.4) is 0 Å². The summed E-state index contributed by atoms with van der Waals surface area (Å²) in [5.41, 5.74) is 2.01. The molecule has 0 aliphatic carbocycles. The molecule has 2 aromatic heterocycles. The maximum atomic E-state index is 11.6. The van der Waals surface area contributed by atoms with Crippen molar-refractivity contribution in [1.29, 1.82) is 0 Å². The maximum absolute atomic E-state index is 11.6. The largest absolute Gasteiger partial charge is 0.380 e. The van der Waals surface area contributed by atoms with Crippen LogP contribution in [0.5, 0.6) is 0 Å². The van der Waals surface area contributed by atoms with Gasteiger partial charge in [-0.2, -0.15) is 0 Å². The Hall–Kier alpha value is -2.43. The van der Waals surface area contributed by atoms with Gasteiger partial charge >= 0.3 is 0 Å². The SMILES string of the molecule is CCCCC(=O)Nc1ccc(NCc2cccnc2)cn1. The third kappa shape index (κ3) is 5.22. The van der Waals surface area contributed by atoms with E-state index in [0.29, 0.717) is 18.8 Å². The van der Waals surface area contributed by atoms with E-state index in [9.17, 15) is 4.79 Å². The number of carbonyl (C=O) groups is 1. The number of hydrogen-bond acceptors (Lipinski definition) is 4. The lowest BCUT2D eigenvalue weighted by Gasteiger charge is -2.07. The molecule has 0 aromatic carbocycles. The standard InChI is InChI=1S/C16H20N4O/c1-2-3-6-16(21)20-15-8-7-14(12-19-15)18-11-13-5-4-9-17-10-13/h4-5,7-10,12,18H,2-3,6,11H2,1H3,(H,19,20,21). The lowest BCUT2D eigenvalue weighted by atomic mass is 10.2. The van der Waals surface area contributed by atoms with Crippen molar-refractivity contribution < 1.29 is 4.79 Å². The number of carbonyl (C=O) groups excluding carboxylic acids is 1. The van der Waals surface area contributed by atoms with Crippen LogP contribution >= 0.6 is 0 Å². The van der Waals surface area contributed by atoms with Gasteiger partial charge in [-0.05, 0) is 30.2 Å². The Labute approximate surface area is 124 Å². The van der Waals surface area contributed by atoms with E-state index in [1.807, 2.05) is 24.4 Å². The van der Waals surface area contributed by atoms with Crippen molar-refractivity contribution in [2.75, 3.05) is 10.6 Å². The van der Waals surface area contributed by atoms with Crippen molar-refractivity contribution in [2.24, 2.45) is 0 Å². The molecule has 21 heavy (non-hydrogen) atoms. The predicted octanol–water partition coefficient (Wildman–Crippen LogP) is 3.22. The van der Waals surface area contributed by atoms with Crippen LogP contribution in [0.25, 0.3) is 0 Å². The summed E-state index contributed by atoms with van der Waals surface area (Å²) in [5.74, 6) is 0.600. The summed E-state index contributed by atoms with van der Waals surface area (Å²) in [5, 5.41) is 6.05. The van der Waals surface area contributed by atoms with Gasteiger partial charge in [-0.15, -0.1) is 0 Å². The van der Waals surface area contributed by atoms with E-state index in [-0.39, 0.29) is 5.91 Å². The Bertz CT molecular complexity index is 554. The highest BCUT2D eigenvalue weighted by atomic mass is 16.1. The lowest BCUT2D eigenvalue weighted by Crippen LogP contribution is -2.12. The van der Waals surface area contributed by atoms with Gasteiger partial charge in [0, 0.05) is 25.4 Å². The quantitative estimate of drug-likeness (QED) is 0.819. The Morgan fingerprint density at radius 1 is 1.24 bits per heavy atom. The summed E-state index contributed by atoms with van der Waals surface area (Å²) in [6.45, 7) is 2.76. The van der Waals surface area contributed by atoms with Crippen LogP contribution in [0.1, 0.15) is 31.7 Å². The maximum Gasteiger partial charge on any atom is 0.225 e. The molecule has 5 heteroatoms. The van der Waals surface area contributed by atoms with E-state index < -0.39 is 0 Å². The van der Waals surface area contributed by atoms with Gasteiger partial charge in [-0.3, -0.25) is 9.78 Å². The molecule has 0 saturated carbocycles. The molecule has 0 aliphatic heterocycles. The van der Waals surface area contributed by atoms with Gasteiger partial charge in [0.25, 0.3) is 0 Å². The molecule has 2 heterocycles. The number of rotatable bonds is 7. The number of aromatic nitrogens is 2. The number of nitrogens with zero attached hydrogens (tertiary/aromatic N) is 2. The summed E-state index contributed by atoms with van der Waals surface area (Å²) in [6.07, 6.45) is 7.74. The zero-order valence-corrected chi connectivity index (χ0v) is 12.2. The van der Waals surface area contributed by atoms with Crippen LogP contribution in [0.2, 0.25) is 0 Å². The van der Waals surface area contributed by atoms with Crippen molar-refractivity contribution in [3.05, 3.63) is 48.4 Å². The fraction of sp³-hybridized carbons (Fsp3) is 0.312. The summed E-state index contributed by atoms with van der Waals surface area (Å²) in [6, 6.07) is 7.62. The molecule has 5 nitrogen and oxygen atoms in total. The highest BCUT2D eigenvalue weighted by Crippen LogP contribution is 2.11. The van der Waals surface area contributed by atoms with Crippen LogP contribution < -0.4 is 10.6 Å². The zero-order chi connectivity index (χ0) is 14.9. The van der Waals surface area contributed by atoms with E-state index in [4.69, 9.17) is 0 Å². The van der Waals surface area contributed by atoms with Crippen molar-refractivity contribution in [3.63, 3.8) is 0 Å². The van der Waals surface area contributed by atoms with Crippen molar-refractivity contribution in [2.45, 2.75) is 32.7 Å². The van der Waals surface area contributed by atoms with Gasteiger partial charge in [-0.25, -0.2) is 4.98 Å². The van der Waals surface area contributed by atoms with Gasteiger partial charge in [-0.1, -0.05) is 19.4 Å². The monoisotopic (exact) mass is 284 g/mol. The number of anilines is 2. The summed E-state index contributed by atoms with van der Waals surface area (Å²) in [7, 11) is 0. The van der Waals surface area contributed by atoms with Gasteiger partial charge in [0.15, 0.2) is 0 Å². The molecule has 110 valence electrons. The minimum Gasteiger partial charge on any atom is -0.380 e. The first-order chi connectivity index (χ1) is 10.3. The molecule has 0 atom stereocenters. The van der Waals surface area contributed by atoms with E-state index >= 15 is 0 Å². The number of amides is 1. The molecule has 2 rings (SSSR count). The number of nitrogens with one attached hydrogen (secondary N) is 2. The second-order valence-corrected chi connectivity index (χ2v) is 4.80. The lowest BCUT2D eigenvalue weighted by molar-refractivity contribution is -0.116. The molecule has 0 radical (unpaired) electrons. The Morgan fingerprint density at radius 3 is 2.81 bits per heavy atom. The second kappa shape index (κ2) is 7.99. The molecule has 0 fully saturated rings. The average Bonchev–Trinajstić information content (AvgIpc) is 2.53. The highest BCUT2D eigenvalue weighted by molar-refractivity contribution is 5.89. The van der Waals surface area contributed by atoms with Crippen molar-refractivity contribution in [1.82, 2.24) is 9.97 Å². The topological polar surface area (TPSA) is 66.9 Å². The molecule has 0 unspecified atom stereocenters. The highest BCUT2D eigenvalue weighted by Gasteiger charge is 2.02. The van der Waals surface area contributed by atoms with Crippen molar-refractivity contribution >= 4 is 17.4 Å². The number of hydrogen-bond donors (Lipinski definition) is 2. The smallest absolute Gasteiger partial charge is 0.225 e. The molecule has 2 N–H and O–H groups in total. The minimum atomic E-state index is 0.0143. The number of unbranched alkanes of at least 4 members (excludes halogenated alkanes) is 1. The number of pyridine rings is 2. The van der Waals surface area contributed by atoms with E-state index in [0.717, 1.165) is 24.1 Å². The molecular formula is C16H20N4O. The Balaban J connectivity index is 1.83. The molecule has 0 spiro atoms. The predicted molar refractivity (Wildman–Crippen MR) is 84.0 cm³/mol. The fourth-order valence-corrected chi connectivity index (χ4v) is 1.82. The first-order valence-electron chi connectivity index (χ1n) is 7.16. The van der Waals surface area contributed by atoms with Crippen LogP contribution in [-0.2, 0) is 11.3 Å². The van der Waals surface area contributed by atoms with Gasteiger partial charge in [0.2, 0.25) is 5.91 Å². The Morgan fingerprint density at radius 2 is 2.14 bits per heavy atom. The van der Waals surface area contributed by atoms with E-state index in [1.54, 1.807) is 18.5 Å². The van der Waals surface area contributed by atoms with Crippen LogP contribution in [-0.4, -0.2) is 15.9 Å². The average molecular weight is 284 g/mol. The van der Waals surface area contributed by atoms with Crippen LogP contribution in [0, 0.1) is 0 Å². The molecule has 1 amide bonds. The molecular weight excluding hydrogens is 264 g/mol. The van der Waals surface area contributed by atoms with E-state index in [2.05, 4.69) is 27.5 Å². The molecule has 0 bridgehead atoms. The van der Waals surface area contributed by atoms with Crippen LogP contribution in [0.15, 0.2) is 42.9 Å². The van der Waals surface area contributed by atoms with Gasteiger partial charge < -0.3 is 10.6 Å². The summed E-state index contributed by atoms with van der Waals surface area (Å²) in [4.78, 5) is 19.9. The zero-order valence-electron chi connectivity index (χ0n) is 12.2. The Kier molecular flexibility index (Phi) is 5.70. The summed E-state index contributed by atoms with van der Waals surface area (Å²) >= 11 is 0. The van der Waals surface area contributed by atoms with Gasteiger partial charge in [0.05, 0.1) is 11.9 Å². The fourth-order valence-electron chi connectivity index (χ4n) is 1.82.